The largest absolute Gasteiger partial charge is 0.481 e. The maximum absolute atomic E-state index is 15.0. The van der Waals surface area contributed by atoms with Gasteiger partial charge in [0.2, 0.25) is 17.6 Å². The first kappa shape index (κ1) is 31.2. The Hall–Kier alpha value is -3.82. The van der Waals surface area contributed by atoms with Crippen LogP contribution in [0.15, 0.2) is 28.2 Å². The summed E-state index contributed by atoms with van der Waals surface area (Å²) in [5, 5.41) is 18.7. The van der Waals surface area contributed by atoms with Gasteiger partial charge in [0.15, 0.2) is 33.0 Å². The number of likely N-dealkylation sites (tertiary alicyclic amines) is 1. The molecule has 3 fully saturated rings. The second-order valence-electron chi connectivity index (χ2n) is 11.1. The molecule has 1 saturated carbocycles. The van der Waals surface area contributed by atoms with Crippen LogP contribution in [0.4, 0.5) is 27.6 Å². The number of allylic oxidation sites excluding steroid dienone is 2. The molecular formula is C28H19Cl2F5N2O8. The van der Waals surface area contributed by atoms with Gasteiger partial charge >= 0.3 is 5.97 Å². The number of nitrogens with zero attached hydrogens (tertiary/aromatic N) is 2. The van der Waals surface area contributed by atoms with Crippen LogP contribution in [0, 0.1) is 46.8 Å². The van der Waals surface area contributed by atoms with Crippen molar-refractivity contribution in [3.05, 3.63) is 64.4 Å². The molecule has 0 radical (unpaired) electrons. The molecule has 4 amide bonds. The third kappa shape index (κ3) is 3.99. The fourth-order valence-electron chi connectivity index (χ4n) is 7.01. The lowest BCUT2D eigenvalue weighted by Crippen LogP contribution is -2.60. The molecule has 0 bridgehead atoms. The molecule has 1 aromatic carbocycles. The molecule has 2 aromatic rings. The minimum Gasteiger partial charge on any atom is -0.481 e. The number of rotatable bonds is 6. The Balaban J connectivity index is 1.54. The quantitative estimate of drug-likeness (QED) is 0.118. The minimum atomic E-state index is -2.75. The number of halogens is 7. The van der Waals surface area contributed by atoms with Crippen molar-refractivity contribution in [2.24, 2.45) is 17.8 Å². The number of imide groups is 2. The Kier molecular flexibility index (Phi) is 7.17. The lowest BCUT2D eigenvalue weighted by atomic mass is 9.57. The number of amides is 4. The summed E-state index contributed by atoms with van der Waals surface area (Å²) >= 11 is 13.9. The van der Waals surface area contributed by atoms with E-state index in [-0.39, 0.29) is 28.4 Å². The number of carbonyl (C=O) groups excluding carboxylic acids is 4. The van der Waals surface area contributed by atoms with Crippen molar-refractivity contribution >= 4 is 58.5 Å². The Morgan fingerprint density at radius 2 is 1.56 bits per heavy atom. The smallest absolute Gasteiger partial charge is 0.305 e. The van der Waals surface area contributed by atoms with E-state index in [1.54, 1.807) is 0 Å². The van der Waals surface area contributed by atoms with Gasteiger partial charge in [-0.3, -0.25) is 28.9 Å². The van der Waals surface area contributed by atoms with Crippen LogP contribution >= 0.6 is 23.2 Å². The van der Waals surface area contributed by atoms with Crippen molar-refractivity contribution in [2.45, 2.75) is 41.5 Å². The Bertz CT molecular complexity index is 1740. The van der Waals surface area contributed by atoms with E-state index in [0.29, 0.717) is 0 Å². The maximum atomic E-state index is 15.0. The number of carbonyl (C=O) groups is 5. The minimum absolute atomic E-state index is 0.0535. The van der Waals surface area contributed by atoms with Gasteiger partial charge in [-0.1, -0.05) is 11.6 Å². The highest BCUT2D eigenvalue weighted by Crippen LogP contribution is 2.66. The Labute approximate surface area is 258 Å². The number of alkyl halides is 2. The standard InChI is InChI=1S/C28H19Cl2F5N2O8/c29-27-7-12-10(2-3-11-15(12)24(42)36(23(11)41)6-5-14(39)40)16(13-4-1-9(8-38)45-13)28(27,30)26(44)37(25(27)43)22-20(34)18(32)17(31)19(33)21(22)35/h1-2,4,11-12,15-16,38H,3,5-8H2,(H,39,40). The summed E-state index contributed by atoms with van der Waals surface area (Å²) in [6, 6.07) is 2.54. The van der Waals surface area contributed by atoms with Crippen LogP contribution in [-0.2, 0) is 30.6 Å². The van der Waals surface area contributed by atoms with Gasteiger partial charge in [0.1, 0.15) is 23.8 Å². The number of hydrogen-bond acceptors (Lipinski definition) is 7. The van der Waals surface area contributed by atoms with Crippen molar-refractivity contribution in [1.29, 1.82) is 0 Å². The van der Waals surface area contributed by atoms with E-state index in [9.17, 15) is 51.0 Å². The van der Waals surface area contributed by atoms with E-state index < -0.39 is 124 Å². The van der Waals surface area contributed by atoms with Crippen molar-refractivity contribution in [3.63, 3.8) is 0 Å². The van der Waals surface area contributed by atoms with E-state index in [4.69, 9.17) is 32.7 Å². The molecule has 238 valence electrons. The predicted octanol–water partition coefficient (Wildman–Crippen LogP) is 3.51. The zero-order valence-corrected chi connectivity index (χ0v) is 24.0. The van der Waals surface area contributed by atoms with Crippen LogP contribution in [-0.4, -0.2) is 61.0 Å². The molecule has 1 aromatic heterocycles. The van der Waals surface area contributed by atoms with Crippen LogP contribution in [0.25, 0.3) is 0 Å². The van der Waals surface area contributed by atoms with Crippen molar-refractivity contribution in [1.82, 2.24) is 4.90 Å². The van der Waals surface area contributed by atoms with Crippen LogP contribution in [0.1, 0.15) is 36.7 Å². The molecule has 10 nitrogen and oxygen atoms in total. The molecule has 4 aliphatic rings. The summed E-state index contributed by atoms with van der Waals surface area (Å²) in [6.07, 6.45) is 0.0791. The number of carboxylic acids is 1. The highest BCUT2D eigenvalue weighted by atomic mass is 35.5. The predicted molar refractivity (Wildman–Crippen MR) is 140 cm³/mol. The van der Waals surface area contributed by atoms with E-state index in [2.05, 4.69) is 0 Å². The number of aliphatic hydroxyl groups is 1. The van der Waals surface area contributed by atoms with Crippen LogP contribution in [0.5, 0.6) is 0 Å². The summed E-state index contributed by atoms with van der Waals surface area (Å²) in [4.78, 5) is 61.0. The Morgan fingerprint density at radius 1 is 0.933 bits per heavy atom. The third-order valence-corrected chi connectivity index (χ3v) is 10.4. The van der Waals surface area contributed by atoms with Crippen LogP contribution in [0.2, 0.25) is 0 Å². The number of carboxylic acid groups (broad SMARTS) is 1. The summed E-state index contributed by atoms with van der Waals surface area (Å²) in [6.45, 7) is -1.10. The number of anilines is 1. The number of fused-ring (bicyclic) bond motifs is 4. The number of aliphatic hydroxyl groups excluding tert-OH is 1. The third-order valence-electron chi connectivity index (χ3n) is 8.98. The fourth-order valence-corrected chi connectivity index (χ4v) is 7.92. The van der Waals surface area contributed by atoms with E-state index in [1.807, 2.05) is 0 Å². The first-order chi connectivity index (χ1) is 21.1. The highest BCUT2D eigenvalue weighted by molar-refractivity contribution is 6.58. The summed E-state index contributed by atoms with van der Waals surface area (Å²) in [5.41, 5.74) is -1.75. The zero-order chi connectivity index (χ0) is 32.9. The van der Waals surface area contributed by atoms with E-state index >= 15 is 0 Å². The molecule has 6 atom stereocenters. The van der Waals surface area contributed by atoms with E-state index in [0.717, 1.165) is 4.90 Å². The number of benzene rings is 1. The lowest BCUT2D eigenvalue weighted by molar-refractivity contribution is -0.142. The molecule has 45 heavy (non-hydrogen) atoms. The molecule has 2 aliphatic heterocycles. The first-order valence-corrected chi connectivity index (χ1v) is 14.1. The average molecular weight is 677 g/mol. The van der Waals surface area contributed by atoms with Gasteiger partial charge in [0, 0.05) is 6.54 Å². The maximum Gasteiger partial charge on any atom is 0.305 e. The van der Waals surface area contributed by atoms with Gasteiger partial charge in [-0.05, 0) is 30.9 Å². The average Bonchev–Trinajstić information content (AvgIpc) is 3.61. The topological polar surface area (TPSA) is 145 Å². The molecule has 0 spiro atoms. The molecule has 6 rings (SSSR count). The zero-order valence-electron chi connectivity index (χ0n) is 22.5. The molecular weight excluding hydrogens is 658 g/mol. The van der Waals surface area contributed by atoms with Gasteiger partial charge in [0.25, 0.3) is 11.8 Å². The van der Waals surface area contributed by atoms with Crippen molar-refractivity contribution < 1.29 is 60.6 Å². The number of aliphatic carboxylic acids is 1. The normalized spacial score (nSPS) is 30.9. The van der Waals surface area contributed by atoms with Crippen LogP contribution < -0.4 is 4.90 Å². The number of furan rings is 1. The molecule has 2 saturated heterocycles. The van der Waals surface area contributed by atoms with Gasteiger partial charge in [0.05, 0.1) is 24.2 Å². The van der Waals surface area contributed by atoms with Crippen molar-refractivity contribution in [3.8, 4) is 0 Å². The second kappa shape index (κ2) is 10.4. The fraction of sp³-hybridized carbons (Fsp3) is 0.393. The SMILES string of the molecule is O=C(O)CCN1C(=O)C2CC=C3C(CC4(Cl)C(=O)N(c5c(F)c(F)c(F)c(F)c5F)C(=O)C4(Cl)C3c3ccc(CO)o3)C2C1=O. The lowest BCUT2D eigenvalue weighted by Gasteiger charge is -2.49. The van der Waals surface area contributed by atoms with Crippen molar-refractivity contribution in [2.75, 3.05) is 11.4 Å². The molecule has 2 N–H and O–H groups in total. The molecule has 6 unspecified atom stereocenters. The monoisotopic (exact) mass is 676 g/mol. The Morgan fingerprint density at radius 3 is 2.13 bits per heavy atom. The molecule has 3 heterocycles. The van der Waals surface area contributed by atoms with Gasteiger partial charge in [-0.25, -0.2) is 26.9 Å². The first-order valence-electron chi connectivity index (χ1n) is 13.4. The molecule has 2 aliphatic carbocycles. The van der Waals surface area contributed by atoms with Crippen LogP contribution in [0.3, 0.4) is 0 Å². The second-order valence-corrected chi connectivity index (χ2v) is 12.4. The number of hydrogen-bond donors (Lipinski definition) is 2. The summed E-state index contributed by atoms with van der Waals surface area (Å²) in [7, 11) is 0. The molecule has 17 heteroatoms. The highest BCUT2D eigenvalue weighted by Gasteiger charge is 2.77. The summed E-state index contributed by atoms with van der Waals surface area (Å²) < 4.78 is 78.0. The van der Waals surface area contributed by atoms with E-state index in [1.165, 1.54) is 18.2 Å². The van der Waals surface area contributed by atoms with Gasteiger partial charge in [-0.15, -0.1) is 23.2 Å². The van der Waals surface area contributed by atoms with Gasteiger partial charge < -0.3 is 14.6 Å². The summed E-state index contributed by atoms with van der Waals surface area (Å²) in [5.74, 6) is -23.9. The van der Waals surface area contributed by atoms with Gasteiger partial charge in [-0.2, -0.15) is 0 Å².